The number of aromatic nitrogens is 1. The van der Waals surface area contributed by atoms with Gasteiger partial charge >= 0.3 is 0 Å². The van der Waals surface area contributed by atoms with Crippen molar-refractivity contribution < 1.29 is 4.58 Å². The van der Waals surface area contributed by atoms with Gasteiger partial charge in [-0.3, -0.25) is 4.98 Å². The van der Waals surface area contributed by atoms with E-state index >= 15 is 0 Å². The third-order valence-electron chi connectivity index (χ3n) is 3.66. The van der Waals surface area contributed by atoms with Crippen LogP contribution in [0, 0.1) is 0 Å². The van der Waals surface area contributed by atoms with E-state index in [1.54, 1.807) is 0 Å². The number of aliphatic imine (C=N–C) groups is 1. The van der Waals surface area contributed by atoms with Crippen molar-refractivity contribution in [3.63, 3.8) is 0 Å². The summed E-state index contributed by atoms with van der Waals surface area (Å²) in [7, 11) is 2.09. The van der Waals surface area contributed by atoms with E-state index in [0.29, 0.717) is 0 Å². The Morgan fingerprint density at radius 2 is 2.10 bits per heavy atom. The molecule has 0 aromatic carbocycles. The zero-order valence-corrected chi connectivity index (χ0v) is 11.9. The number of hydrogen-bond donors (Lipinski definition) is 1. The van der Waals surface area contributed by atoms with Crippen molar-refractivity contribution in [2.24, 2.45) is 4.99 Å². The average Bonchev–Trinajstić information content (AvgIpc) is 2.51. The molecule has 2 heterocycles. The molecule has 0 radical (unpaired) electrons. The molecule has 4 nitrogen and oxygen atoms in total. The van der Waals surface area contributed by atoms with Crippen molar-refractivity contribution in [3.05, 3.63) is 53.9 Å². The normalized spacial score (nSPS) is 22.2. The Labute approximate surface area is 119 Å². The number of allylic oxidation sites excluding steroid dienone is 3. The van der Waals surface area contributed by atoms with Crippen LogP contribution in [-0.4, -0.2) is 28.3 Å². The van der Waals surface area contributed by atoms with E-state index in [1.807, 2.05) is 31.5 Å². The molecule has 1 aliphatic heterocycles. The third-order valence-corrected chi connectivity index (χ3v) is 3.66. The van der Waals surface area contributed by atoms with Crippen LogP contribution >= 0.6 is 0 Å². The summed E-state index contributed by atoms with van der Waals surface area (Å²) in [6.07, 6.45) is 12.3. The Morgan fingerprint density at radius 3 is 2.80 bits per heavy atom. The number of hydrogen-bond acceptors (Lipinski definition) is 3. The second-order valence-corrected chi connectivity index (χ2v) is 5.11. The van der Waals surface area contributed by atoms with E-state index < -0.39 is 0 Å². The van der Waals surface area contributed by atoms with E-state index in [9.17, 15) is 0 Å². The van der Waals surface area contributed by atoms with Gasteiger partial charge in [0.2, 0.25) is 6.17 Å². The minimum Gasteiger partial charge on any atom is -0.265 e. The molecule has 0 saturated heterocycles. The smallest absolute Gasteiger partial charge is 0.265 e. The average molecular weight is 267 g/mol. The monoisotopic (exact) mass is 267 g/mol. The molecule has 0 saturated carbocycles. The van der Waals surface area contributed by atoms with Crippen LogP contribution in [0.4, 0.5) is 0 Å². The van der Waals surface area contributed by atoms with Gasteiger partial charge in [0.25, 0.3) is 5.84 Å². The van der Waals surface area contributed by atoms with Crippen LogP contribution in [0.15, 0.2) is 53.3 Å². The fraction of sp³-hybridized carbons (Fsp3) is 0.312. The summed E-state index contributed by atoms with van der Waals surface area (Å²) in [5.74, 6) is 2.11. The summed E-state index contributed by atoms with van der Waals surface area (Å²) in [5, 5.41) is 3.41. The lowest BCUT2D eigenvalue weighted by atomic mass is 10.0. The van der Waals surface area contributed by atoms with Crippen molar-refractivity contribution in [2.45, 2.75) is 25.9 Å². The number of nitrogens with one attached hydrogen (secondary N) is 1. The highest BCUT2D eigenvalue weighted by molar-refractivity contribution is 6.06. The lowest BCUT2D eigenvalue weighted by Crippen LogP contribution is -2.42. The summed E-state index contributed by atoms with van der Waals surface area (Å²) in [5.41, 5.74) is 2.50. The molecule has 1 atom stereocenters. The molecule has 4 heteroatoms. The maximum absolute atomic E-state index is 4.72. The van der Waals surface area contributed by atoms with E-state index in [1.165, 1.54) is 5.57 Å². The minimum absolute atomic E-state index is 0.0149. The molecule has 1 aliphatic carbocycles. The molecule has 3 rings (SSSR count). The van der Waals surface area contributed by atoms with Gasteiger partial charge < -0.3 is 0 Å². The van der Waals surface area contributed by atoms with Crippen LogP contribution in [0.2, 0.25) is 0 Å². The molecule has 0 fully saturated rings. The van der Waals surface area contributed by atoms with Gasteiger partial charge in [0.05, 0.1) is 7.05 Å². The van der Waals surface area contributed by atoms with E-state index in [4.69, 9.17) is 4.99 Å². The SMILES string of the molecule is CC1=NC(c2ccncc2)[N+](C)=C(C2=CC=CCC2)N1. The highest BCUT2D eigenvalue weighted by atomic mass is 15.3. The van der Waals surface area contributed by atoms with Crippen LogP contribution < -0.4 is 5.32 Å². The first kappa shape index (κ1) is 12.8. The van der Waals surface area contributed by atoms with Crippen LogP contribution in [-0.2, 0) is 0 Å². The number of pyridine rings is 1. The Bertz CT molecular complexity index is 623. The predicted octanol–water partition coefficient (Wildman–Crippen LogP) is 2.42. The third kappa shape index (κ3) is 2.41. The molecular weight excluding hydrogens is 248 g/mol. The van der Waals surface area contributed by atoms with Crippen molar-refractivity contribution >= 4 is 11.7 Å². The molecule has 1 aromatic heterocycles. The van der Waals surface area contributed by atoms with Crippen molar-refractivity contribution in [1.82, 2.24) is 10.3 Å². The lowest BCUT2D eigenvalue weighted by molar-refractivity contribution is -0.545. The van der Waals surface area contributed by atoms with Gasteiger partial charge in [-0.15, -0.1) is 0 Å². The van der Waals surface area contributed by atoms with Gasteiger partial charge in [-0.05, 0) is 25.0 Å². The fourth-order valence-electron chi connectivity index (χ4n) is 2.62. The summed E-state index contributed by atoms with van der Waals surface area (Å²) < 4.78 is 2.20. The van der Waals surface area contributed by atoms with Gasteiger partial charge in [-0.1, -0.05) is 18.2 Å². The molecule has 0 spiro atoms. The van der Waals surface area contributed by atoms with Crippen molar-refractivity contribution in [2.75, 3.05) is 7.05 Å². The van der Waals surface area contributed by atoms with E-state index in [0.717, 1.165) is 30.1 Å². The van der Waals surface area contributed by atoms with Gasteiger partial charge in [-0.2, -0.15) is 0 Å². The van der Waals surface area contributed by atoms with Crippen LogP contribution in [0.3, 0.4) is 0 Å². The van der Waals surface area contributed by atoms with Gasteiger partial charge in [-0.25, -0.2) is 14.9 Å². The molecule has 1 N–H and O–H groups in total. The Balaban J connectivity index is 2.02. The van der Waals surface area contributed by atoms with Gasteiger partial charge in [0, 0.05) is 30.5 Å². The number of amidine groups is 2. The fourth-order valence-corrected chi connectivity index (χ4v) is 2.62. The summed E-state index contributed by atoms with van der Waals surface area (Å²) in [6.45, 7) is 2.01. The zero-order valence-electron chi connectivity index (χ0n) is 11.9. The summed E-state index contributed by atoms with van der Waals surface area (Å²) in [6, 6.07) is 4.05. The van der Waals surface area contributed by atoms with Crippen molar-refractivity contribution in [1.29, 1.82) is 0 Å². The molecule has 1 unspecified atom stereocenters. The van der Waals surface area contributed by atoms with Gasteiger partial charge in [0.15, 0.2) is 5.84 Å². The Kier molecular flexibility index (Phi) is 3.46. The largest absolute Gasteiger partial charge is 0.280 e. The maximum Gasteiger partial charge on any atom is 0.280 e. The highest BCUT2D eigenvalue weighted by Crippen LogP contribution is 2.22. The Morgan fingerprint density at radius 1 is 1.30 bits per heavy atom. The first-order valence-electron chi connectivity index (χ1n) is 6.93. The second-order valence-electron chi connectivity index (χ2n) is 5.11. The van der Waals surface area contributed by atoms with E-state index in [2.05, 4.69) is 40.2 Å². The van der Waals surface area contributed by atoms with Crippen LogP contribution in [0.1, 0.15) is 31.5 Å². The summed E-state index contributed by atoms with van der Waals surface area (Å²) in [4.78, 5) is 8.80. The van der Waals surface area contributed by atoms with E-state index in [-0.39, 0.29) is 6.17 Å². The predicted molar refractivity (Wildman–Crippen MR) is 80.9 cm³/mol. The number of nitrogens with zero attached hydrogens (tertiary/aromatic N) is 3. The topological polar surface area (TPSA) is 40.3 Å². The molecule has 1 aromatic rings. The lowest BCUT2D eigenvalue weighted by Gasteiger charge is -2.22. The molecular formula is C16H19N4+. The Hall–Kier alpha value is -2.23. The molecule has 20 heavy (non-hydrogen) atoms. The first-order valence-corrected chi connectivity index (χ1v) is 6.93. The molecule has 2 aliphatic rings. The molecule has 0 amide bonds. The van der Waals surface area contributed by atoms with Crippen LogP contribution in [0.25, 0.3) is 0 Å². The minimum atomic E-state index is 0.0149. The molecule has 0 bridgehead atoms. The molecule has 102 valence electrons. The second kappa shape index (κ2) is 5.41. The van der Waals surface area contributed by atoms with Crippen LogP contribution in [0.5, 0.6) is 0 Å². The van der Waals surface area contributed by atoms with Crippen molar-refractivity contribution in [3.8, 4) is 0 Å². The zero-order chi connectivity index (χ0) is 13.9. The standard InChI is InChI=1S/C16H18N4/c1-12-18-15(13-6-4-3-5-7-13)20(2)16(19-12)14-8-10-17-11-9-14/h3-4,6,8-11,16H,5,7H2,1-2H3/p+1. The number of rotatable bonds is 2. The first-order chi connectivity index (χ1) is 9.75. The van der Waals surface area contributed by atoms with Gasteiger partial charge in [0.1, 0.15) is 0 Å². The summed E-state index contributed by atoms with van der Waals surface area (Å²) >= 11 is 0. The highest BCUT2D eigenvalue weighted by Gasteiger charge is 2.29. The quantitative estimate of drug-likeness (QED) is 0.836. The maximum atomic E-state index is 4.72.